The van der Waals surface area contributed by atoms with Crippen LogP contribution < -0.4 is 5.32 Å². The zero-order chi connectivity index (χ0) is 9.10. The third-order valence-electron chi connectivity index (χ3n) is 2.58. The van der Waals surface area contributed by atoms with Crippen molar-refractivity contribution in [2.75, 3.05) is 13.1 Å². The predicted molar refractivity (Wildman–Crippen MR) is 58.6 cm³/mol. The molecule has 0 spiro atoms. The molecule has 1 fully saturated rings. The zero-order valence-electron chi connectivity index (χ0n) is 7.86. The first-order valence-electron chi connectivity index (χ1n) is 4.61. The fraction of sp³-hybridized carbons (Fsp3) is 0.364. The minimum atomic E-state index is 0. The van der Waals surface area contributed by atoms with Crippen LogP contribution in [0.15, 0.2) is 24.3 Å². The van der Waals surface area contributed by atoms with Crippen molar-refractivity contribution in [3.63, 3.8) is 0 Å². The molecule has 0 unspecified atom stereocenters. The second-order valence-electron chi connectivity index (χ2n) is 3.39. The molecule has 0 bridgehead atoms. The van der Waals surface area contributed by atoms with Crippen LogP contribution >= 0.6 is 12.4 Å². The van der Waals surface area contributed by atoms with Gasteiger partial charge in [0, 0.05) is 6.54 Å². The molecule has 1 aliphatic heterocycles. The quantitative estimate of drug-likeness (QED) is 0.767. The summed E-state index contributed by atoms with van der Waals surface area (Å²) >= 11 is 0. The van der Waals surface area contributed by atoms with E-state index in [0.717, 1.165) is 25.1 Å². The van der Waals surface area contributed by atoms with Crippen molar-refractivity contribution < 1.29 is 0 Å². The number of nitriles is 1. The normalized spacial score (nSPS) is 19.8. The Bertz CT molecular complexity index is 337. The van der Waals surface area contributed by atoms with Crippen LogP contribution in [0.1, 0.15) is 23.5 Å². The van der Waals surface area contributed by atoms with E-state index < -0.39 is 0 Å². The van der Waals surface area contributed by atoms with Gasteiger partial charge in [-0.05, 0) is 30.5 Å². The van der Waals surface area contributed by atoms with Crippen molar-refractivity contribution in [3.05, 3.63) is 35.4 Å². The van der Waals surface area contributed by atoms with E-state index in [2.05, 4.69) is 17.5 Å². The molecule has 14 heavy (non-hydrogen) atoms. The fourth-order valence-electron chi connectivity index (χ4n) is 1.87. The van der Waals surface area contributed by atoms with Gasteiger partial charge in [0.2, 0.25) is 0 Å². The molecule has 1 aliphatic rings. The first-order chi connectivity index (χ1) is 6.42. The molecular weight excluding hydrogens is 196 g/mol. The smallest absolute Gasteiger partial charge is 0.0994 e. The molecule has 0 radical (unpaired) electrons. The second kappa shape index (κ2) is 4.99. The van der Waals surface area contributed by atoms with E-state index in [1.807, 2.05) is 18.2 Å². The summed E-state index contributed by atoms with van der Waals surface area (Å²) in [4.78, 5) is 0. The topological polar surface area (TPSA) is 35.8 Å². The first kappa shape index (κ1) is 11.0. The Labute approximate surface area is 90.3 Å². The number of hydrogen-bond donors (Lipinski definition) is 1. The van der Waals surface area contributed by atoms with E-state index in [9.17, 15) is 0 Å². The highest BCUT2D eigenvalue weighted by Crippen LogP contribution is 2.24. The lowest BCUT2D eigenvalue weighted by molar-refractivity contribution is 0.761. The summed E-state index contributed by atoms with van der Waals surface area (Å²) in [7, 11) is 0. The molecular formula is C11H13ClN2. The minimum Gasteiger partial charge on any atom is -0.316 e. The third kappa shape index (κ3) is 2.06. The standard InChI is InChI=1S/C11H12N2.ClH/c12-7-9-3-1-2-4-11(9)10-5-6-13-8-10;/h1-4,10,13H,5-6,8H2;1H/t10-;/m1./s1. The average molecular weight is 209 g/mol. The molecule has 1 saturated heterocycles. The van der Waals surface area contributed by atoms with Crippen molar-refractivity contribution in [2.24, 2.45) is 0 Å². The van der Waals surface area contributed by atoms with E-state index in [0.29, 0.717) is 5.92 Å². The van der Waals surface area contributed by atoms with Gasteiger partial charge in [0.1, 0.15) is 0 Å². The molecule has 2 nitrogen and oxygen atoms in total. The van der Waals surface area contributed by atoms with Crippen LogP contribution in [0.4, 0.5) is 0 Å². The van der Waals surface area contributed by atoms with Crippen LogP contribution in [-0.2, 0) is 0 Å². The number of benzene rings is 1. The average Bonchev–Trinajstić information content (AvgIpc) is 2.70. The molecule has 0 amide bonds. The van der Waals surface area contributed by atoms with Gasteiger partial charge >= 0.3 is 0 Å². The van der Waals surface area contributed by atoms with Crippen LogP contribution in [0.3, 0.4) is 0 Å². The van der Waals surface area contributed by atoms with Gasteiger partial charge in [0.15, 0.2) is 0 Å². The van der Waals surface area contributed by atoms with E-state index in [1.54, 1.807) is 0 Å². The number of hydrogen-bond acceptors (Lipinski definition) is 2. The Morgan fingerprint density at radius 1 is 1.36 bits per heavy atom. The van der Waals surface area contributed by atoms with Crippen LogP contribution in [0.25, 0.3) is 0 Å². The monoisotopic (exact) mass is 208 g/mol. The first-order valence-corrected chi connectivity index (χ1v) is 4.61. The molecule has 1 atom stereocenters. The lowest BCUT2D eigenvalue weighted by atomic mass is 9.94. The highest BCUT2D eigenvalue weighted by Gasteiger charge is 2.18. The molecule has 74 valence electrons. The number of halogens is 1. The summed E-state index contributed by atoms with van der Waals surface area (Å²) in [6.07, 6.45) is 1.15. The number of nitrogens with zero attached hydrogens (tertiary/aromatic N) is 1. The predicted octanol–water partition coefficient (Wildman–Crippen LogP) is 2.06. The number of rotatable bonds is 1. The van der Waals surface area contributed by atoms with E-state index >= 15 is 0 Å². The highest BCUT2D eigenvalue weighted by atomic mass is 35.5. The lowest BCUT2D eigenvalue weighted by Gasteiger charge is -2.09. The van der Waals surface area contributed by atoms with Crippen molar-refractivity contribution in [2.45, 2.75) is 12.3 Å². The van der Waals surface area contributed by atoms with Crippen molar-refractivity contribution in [3.8, 4) is 6.07 Å². The van der Waals surface area contributed by atoms with Gasteiger partial charge in [-0.1, -0.05) is 18.2 Å². The number of nitrogens with one attached hydrogen (secondary N) is 1. The van der Waals surface area contributed by atoms with Crippen LogP contribution in [-0.4, -0.2) is 13.1 Å². The third-order valence-corrected chi connectivity index (χ3v) is 2.58. The molecule has 0 aliphatic carbocycles. The summed E-state index contributed by atoms with van der Waals surface area (Å²) in [6, 6.07) is 10.1. The SMILES string of the molecule is Cl.N#Cc1ccccc1[C@@H]1CCNC1. The second-order valence-corrected chi connectivity index (χ2v) is 3.39. The van der Waals surface area contributed by atoms with E-state index in [1.165, 1.54) is 5.56 Å². The Hall–Kier alpha value is -1.04. The van der Waals surface area contributed by atoms with E-state index in [-0.39, 0.29) is 12.4 Å². The van der Waals surface area contributed by atoms with Crippen molar-refractivity contribution in [1.29, 1.82) is 5.26 Å². The Morgan fingerprint density at radius 2 is 2.14 bits per heavy atom. The molecule has 3 heteroatoms. The molecule has 1 aromatic rings. The van der Waals surface area contributed by atoms with Gasteiger partial charge in [-0.25, -0.2) is 0 Å². The maximum absolute atomic E-state index is 8.91. The van der Waals surface area contributed by atoms with Crippen molar-refractivity contribution in [1.82, 2.24) is 5.32 Å². The fourth-order valence-corrected chi connectivity index (χ4v) is 1.87. The van der Waals surface area contributed by atoms with Gasteiger partial charge in [-0.2, -0.15) is 5.26 Å². The zero-order valence-corrected chi connectivity index (χ0v) is 8.68. The molecule has 0 saturated carbocycles. The Morgan fingerprint density at radius 3 is 2.79 bits per heavy atom. The largest absolute Gasteiger partial charge is 0.316 e. The van der Waals surface area contributed by atoms with Gasteiger partial charge in [-0.3, -0.25) is 0 Å². The van der Waals surface area contributed by atoms with Gasteiger partial charge in [-0.15, -0.1) is 12.4 Å². The maximum atomic E-state index is 8.91. The van der Waals surface area contributed by atoms with Gasteiger partial charge < -0.3 is 5.32 Å². The molecule has 1 heterocycles. The van der Waals surface area contributed by atoms with Gasteiger partial charge in [0.05, 0.1) is 11.6 Å². The molecule has 1 N–H and O–H groups in total. The van der Waals surface area contributed by atoms with Crippen LogP contribution in [0.2, 0.25) is 0 Å². The summed E-state index contributed by atoms with van der Waals surface area (Å²) in [5, 5.41) is 12.2. The van der Waals surface area contributed by atoms with Gasteiger partial charge in [0.25, 0.3) is 0 Å². The Balaban J connectivity index is 0.000000980. The minimum absolute atomic E-state index is 0. The van der Waals surface area contributed by atoms with Crippen LogP contribution in [0.5, 0.6) is 0 Å². The summed E-state index contributed by atoms with van der Waals surface area (Å²) in [5.41, 5.74) is 2.03. The van der Waals surface area contributed by atoms with Crippen molar-refractivity contribution >= 4 is 12.4 Å². The summed E-state index contributed by atoms with van der Waals surface area (Å²) in [5.74, 6) is 0.538. The summed E-state index contributed by atoms with van der Waals surface area (Å²) < 4.78 is 0. The Kier molecular flexibility index (Phi) is 3.94. The van der Waals surface area contributed by atoms with E-state index in [4.69, 9.17) is 5.26 Å². The van der Waals surface area contributed by atoms with Crippen LogP contribution in [0, 0.1) is 11.3 Å². The maximum Gasteiger partial charge on any atom is 0.0994 e. The lowest BCUT2D eigenvalue weighted by Crippen LogP contribution is -2.08. The molecule has 2 rings (SSSR count). The highest BCUT2D eigenvalue weighted by molar-refractivity contribution is 5.85. The molecule has 0 aromatic heterocycles. The summed E-state index contributed by atoms with van der Waals surface area (Å²) in [6.45, 7) is 2.09. The molecule has 1 aromatic carbocycles.